The molecule has 0 radical (unpaired) electrons. The van der Waals surface area contributed by atoms with E-state index in [0.29, 0.717) is 24.2 Å². The number of benzene rings is 1. The van der Waals surface area contributed by atoms with E-state index in [4.69, 9.17) is 21.1 Å². The molecule has 6 nitrogen and oxygen atoms in total. The van der Waals surface area contributed by atoms with Gasteiger partial charge in [-0.2, -0.15) is 4.98 Å². The van der Waals surface area contributed by atoms with Gasteiger partial charge in [-0.1, -0.05) is 12.1 Å². The number of methoxy groups -OCH3 is 1. The number of ether oxygens (including phenoxy) is 2. The Hall–Kier alpha value is -2.05. The van der Waals surface area contributed by atoms with Gasteiger partial charge < -0.3 is 14.8 Å². The Morgan fingerprint density at radius 1 is 1.26 bits per heavy atom. The van der Waals surface area contributed by atoms with Crippen LogP contribution in [-0.2, 0) is 6.54 Å². The molecule has 1 aliphatic heterocycles. The lowest BCUT2D eigenvalue weighted by atomic mass is 10.0. The van der Waals surface area contributed by atoms with E-state index < -0.39 is 0 Å². The van der Waals surface area contributed by atoms with E-state index in [9.17, 15) is 0 Å². The van der Waals surface area contributed by atoms with E-state index in [1.54, 1.807) is 13.3 Å². The minimum absolute atomic E-state index is 0.222. The normalized spacial score (nSPS) is 15.6. The molecular formula is C20H27ClN4O2. The Morgan fingerprint density at radius 3 is 2.74 bits per heavy atom. The van der Waals surface area contributed by atoms with Crippen molar-refractivity contribution in [2.24, 2.45) is 0 Å². The zero-order valence-corrected chi connectivity index (χ0v) is 16.9. The summed E-state index contributed by atoms with van der Waals surface area (Å²) < 4.78 is 11.0. The highest BCUT2D eigenvalue weighted by Gasteiger charge is 2.21. The second kappa shape index (κ2) is 9.24. The molecule has 1 saturated heterocycles. The fourth-order valence-electron chi connectivity index (χ4n) is 3.34. The van der Waals surface area contributed by atoms with E-state index in [1.807, 2.05) is 6.92 Å². The van der Waals surface area contributed by atoms with Crippen molar-refractivity contribution in [2.75, 3.05) is 32.1 Å². The maximum Gasteiger partial charge on any atom is 0.224 e. The van der Waals surface area contributed by atoms with Crippen molar-refractivity contribution in [3.8, 4) is 11.5 Å². The highest BCUT2D eigenvalue weighted by Crippen LogP contribution is 2.26. The molecule has 2 aromatic rings. The minimum atomic E-state index is 0.222. The minimum Gasteiger partial charge on any atom is -0.494 e. The van der Waals surface area contributed by atoms with Crippen LogP contribution in [-0.4, -0.2) is 47.7 Å². The van der Waals surface area contributed by atoms with Crippen LogP contribution < -0.4 is 14.8 Å². The number of hydrogen-bond acceptors (Lipinski definition) is 6. The van der Waals surface area contributed by atoms with E-state index in [1.165, 1.54) is 11.1 Å². The Morgan fingerprint density at radius 2 is 2.04 bits per heavy atom. The number of nitrogens with zero attached hydrogens (tertiary/aromatic N) is 3. The molecule has 1 aromatic carbocycles. The number of likely N-dealkylation sites (tertiary alicyclic amines) is 1. The monoisotopic (exact) mass is 390 g/mol. The molecule has 2 heterocycles. The van der Waals surface area contributed by atoms with Crippen LogP contribution in [0, 0.1) is 6.92 Å². The first-order valence-electron chi connectivity index (χ1n) is 9.36. The number of hydrogen-bond donors (Lipinski definition) is 1. The summed E-state index contributed by atoms with van der Waals surface area (Å²) in [5.41, 5.74) is 2.47. The number of nitrogens with one attached hydrogen (secondary N) is 1. The van der Waals surface area contributed by atoms with Gasteiger partial charge in [-0.05, 0) is 55.5 Å². The highest BCUT2D eigenvalue weighted by atomic mass is 35.5. The van der Waals surface area contributed by atoms with Crippen LogP contribution in [0.2, 0.25) is 5.28 Å². The molecule has 1 fully saturated rings. The summed E-state index contributed by atoms with van der Waals surface area (Å²) in [5, 5.41) is 3.67. The maximum atomic E-state index is 5.91. The first-order chi connectivity index (χ1) is 13.1. The summed E-state index contributed by atoms with van der Waals surface area (Å²) >= 11 is 5.91. The second-order valence-corrected chi connectivity index (χ2v) is 7.12. The molecule has 0 saturated carbocycles. The Balaban J connectivity index is 1.55. The molecule has 0 bridgehead atoms. The summed E-state index contributed by atoms with van der Waals surface area (Å²) in [6.07, 6.45) is 3.67. The van der Waals surface area contributed by atoms with E-state index in [2.05, 4.69) is 45.3 Å². The molecule has 27 heavy (non-hydrogen) atoms. The lowest BCUT2D eigenvalue weighted by Gasteiger charge is -2.32. The molecule has 0 unspecified atom stereocenters. The van der Waals surface area contributed by atoms with Gasteiger partial charge in [0.2, 0.25) is 5.28 Å². The van der Waals surface area contributed by atoms with Crippen molar-refractivity contribution >= 4 is 17.4 Å². The lowest BCUT2D eigenvalue weighted by Crippen LogP contribution is -2.38. The molecule has 1 N–H and O–H groups in total. The Bertz CT molecular complexity index is 764. The van der Waals surface area contributed by atoms with Crippen molar-refractivity contribution < 1.29 is 9.47 Å². The van der Waals surface area contributed by atoms with Gasteiger partial charge >= 0.3 is 0 Å². The van der Waals surface area contributed by atoms with Crippen molar-refractivity contribution in [3.63, 3.8) is 0 Å². The summed E-state index contributed by atoms with van der Waals surface area (Å²) in [5.74, 6) is 2.26. The lowest BCUT2D eigenvalue weighted by molar-refractivity contribution is 0.210. The number of aryl methyl sites for hydroxylation is 1. The van der Waals surface area contributed by atoms with Crippen molar-refractivity contribution in [1.82, 2.24) is 14.9 Å². The van der Waals surface area contributed by atoms with Crippen molar-refractivity contribution in [3.05, 3.63) is 40.8 Å². The van der Waals surface area contributed by atoms with Gasteiger partial charge in [0.15, 0.2) is 11.6 Å². The second-order valence-electron chi connectivity index (χ2n) is 6.78. The molecule has 7 heteroatoms. The molecule has 1 aliphatic rings. The Kier molecular flexibility index (Phi) is 6.74. The SMILES string of the molecule is CCOc1cc(CN2CCC(Nc3nc(Cl)ncc3OC)CC2)ccc1C. The van der Waals surface area contributed by atoms with Gasteiger partial charge in [-0.15, -0.1) is 0 Å². The molecule has 0 spiro atoms. The number of aromatic nitrogens is 2. The number of rotatable bonds is 7. The van der Waals surface area contributed by atoms with Crippen LogP contribution in [0.5, 0.6) is 11.5 Å². The van der Waals surface area contributed by atoms with E-state index in [0.717, 1.165) is 38.2 Å². The van der Waals surface area contributed by atoms with Crippen LogP contribution in [0.3, 0.4) is 0 Å². The largest absolute Gasteiger partial charge is 0.494 e. The maximum absolute atomic E-state index is 5.91. The van der Waals surface area contributed by atoms with Gasteiger partial charge in [0.05, 0.1) is 19.9 Å². The fourth-order valence-corrected chi connectivity index (χ4v) is 3.48. The molecule has 3 rings (SSSR count). The zero-order valence-electron chi connectivity index (χ0n) is 16.2. The molecule has 1 aromatic heterocycles. The third-order valence-electron chi connectivity index (χ3n) is 4.83. The molecule has 0 atom stereocenters. The average molecular weight is 391 g/mol. The van der Waals surface area contributed by atoms with Gasteiger partial charge in [-0.25, -0.2) is 4.98 Å². The van der Waals surface area contributed by atoms with Gasteiger partial charge in [0.1, 0.15) is 5.75 Å². The predicted molar refractivity (Wildman–Crippen MR) is 108 cm³/mol. The van der Waals surface area contributed by atoms with Crippen LogP contribution >= 0.6 is 11.6 Å². The van der Waals surface area contributed by atoms with Crippen molar-refractivity contribution in [2.45, 2.75) is 39.3 Å². The summed E-state index contributed by atoms with van der Waals surface area (Å²) in [7, 11) is 1.61. The van der Waals surface area contributed by atoms with Crippen LogP contribution in [0.1, 0.15) is 30.9 Å². The number of halogens is 1. The van der Waals surface area contributed by atoms with Gasteiger partial charge in [0, 0.05) is 25.7 Å². The molecular weight excluding hydrogens is 364 g/mol. The quantitative estimate of drug-likeness (QED) is 0.723. The zero-order chi connectivity index (χ0) is 19.2. The first-order valence-corrected chi connectivity index (χ1v) is 9.74. The average Bonchev–Trinajstić information content (AvgIpc) is 2.66. The number of piperidine rings is 1. The highest BCUT2D eigenvalue weighted by molar-refractivity contribution is 6.28. The third kappa shape index (κ3) is 5.23. The first kappa shape index (κ1) is 19.7. The summed E-state index contributed by atoms with van der Waals surface area (Å²) in [6, 6.07) is 6.84. The van der Waals surface area contributed by atoms with Crippen molar-refractivity contribution in [1.29, 1.82) is 0 Å². The van der Waals surface area contributed by atoms with Gasteiger partial charge in [0.25, 0.3) is 0 Å². The topological polar surface area (TPSA) is 59.5 Å². The third-order valence-corrected chi connectivity index (χ3v) is 5.01. The fraction of sp³-hybridized carbons (Fsp3) is 0.500. The molecule has 0 aliphatic carbocycles. The summed E-state index contributed by atoms with van der Waals surface area (Å²) in [6.45, 7) is 7.78. The number of anilines is 1. The predicted octanol–water partition coefficient (Wildman–Crippen LogP) is 3.92. The van der Waals surface area contributed by atoms with E-state index in [-0.39, 0.29) is 5.28 Å². The molecule has 0 amide bonds. The standard InChI is InChI=1S/C20H27ClN4O2/c1-4-27-17-11-15(6-5-14(17)2)13-25-9-7-16(8-10-25)23-19-18(26-3)12-22-20(21)24-19/h5-6,11-12,16H,4,7-10,13H2,1-3H3,(H,22,23,24). The van der Waals surface area contributed by atoms with Gasteiger partial charge in [-0.3, -0.25) is 4.90 Å². The Labute approximate surface area is 165 Å². The smallest absolute Gasteiger partial charge is 0.224 e. The van der Waals surface area contributed by atoms with Crippen LogP contribution in [0.4, 0.5) is 5.82 Å². The summed E-state index contributed by atoms with van der Waals surface area (Å²) in [4.78, 5) is 10.7. The van der Waals surface area contributed by atoms with Crippen LogP contribution in [0.15, 0.2) is 24.4 Å². The van der Waals surface area contributed by atoms with E-state index >= 15 is 0 Å². The molecule has 146 valence electrons. The van der Waals surface area contributed by atoms with Crippen LogP contribution in [0.25, 0.3) is 0 Å².